The lowest BCUT2D eigenvalue weighted by molar-refractivity contribution is 0.479. The van der Waals surface area contributed by atoms with Crippen LogP contribution in [0.15, 0.2) is 6.20 Å². The fraction of sp³-hybridized carbons (Fsp3) is 0.444. The van der Waals surface area contributed by atoms with Crippen LogP contribution in [0.25, 0.3) is 0 Å². The van der Waals surface area contributed by atoms with Crippen molar-refractivity contribution in [2.75, 3.05) is 0 Å². The molecule has 1 rings (SSSR count). The minimum atomic E-state index is -0.778. The molecule has 2 nitrogen and oxygen atoms in total. The Morgan fingerprint density at radius 2 is 2.00 bits per heavy atom. The van der Waals surface area contributed by atoms with Crippen molar-refractivity contribution in [1.82, 2.24) is 4.98 Å². The highest BCUT2D eigenvalue weighted by atomic mass is 35.5. The van der Waals surface area contributed by atoms with Gasteiger partial charge in [0.1, 0.15) is 0 Å². The van der Waals surface area contributed by atoms with Gasteiger partial charge in [-0.15, -0.1) is 12.4 Å². The Morgan fingerprint density at radius 3 is 2.43 bits per heavy atom. The quantitative estimate of drug-likeness (QED) is 0.818. The molecule has 0 atom stereocenters. The number of aromatic nitrogens is 1. The van der Waals surface area contributed by atoms with Gasteiger partial charge in [-0.1, -0.05) is 11.6 Å². The van der Waals surface area contributed by atoms with Crippen molar-refractivity contribution in [3.8, 4) is 0 Å². The van der Waals surface area contributed by atoms with Crippen molar-refractivity contribution in [1.29, 1.82) is 0 Å². The monoisotopic (exact) mass is 238 g/mol. The Hall–Kier alpha value is -0.380. The molecule has 80 valence electrons. The summed E-state index contributed by atoms with van der Waals surface area (Å²) in [5.74, 6) is -0.417. The Kier molecular flexibility index (Phi) is 4.31. The summed E-state index contributed by atoms with van der Waals surface area (Å²) in [6.45, 7) is 5.01. The molecule has 1 heterocycles. The number of halogens is 3. The van der Waals surface area contributed by atoms with Crippen LogP contribution in [-0.4, -0.2) is 4.98 Å². The molecule has 0 unspecified atom stereocenters. The zero-order valence-electron chi connectivity index (χ0n) is 8.27. The first-order valence-electron chi connectivity index (χ1n) is 3.94. The molecule has 0 aliphatic heterocycles. The van der Waals surface area contributed by atoms with E-state index in [1.807, 2.05) is 0 Å². The third-order valence-electron chi connectivity index (χ3n) is 1.81. The van der Waals surface area contributed by atoms with E-state index in [9.17, 15) is 4.39 Å². The molecule has 0 aliphatic rings. The number of nitrogens with zero attached hydrogens (tertiary/aromatic N) is 1. The van der Waals surface area contributed by atoms with Gasteiger partial charge in [0.25, 0.3) is 0 Å². The molecule has 2 N–H and O–H groups in total. The maximum Gasteiger partial charge on any atom is 0.150 e. The van der Waals surface area contributed by atoms with Crippen molar-refractivity contribution >= 4 is 24.0 Å². The van der Waals surface area contributed by atoms with E-state index >= 15 is 0 Å². The summed E-state index contributed by atoms with van der Waals surface area (Å²) in [4.78, 5) is 3.88. The second kappa shape index (κ2) is 4.43. The normalized spacial score (nSPS) is 11.0. The summed E-state index contributed by atoms with van der Waals surface area (Å²) in [7, 11) is 0. The molecule has 0 spiro atoms. The van der Waals surface area contributed by atoms with Crippen LogP contribution in [0, 0.1) is 12.7 Å². The topological polar surface area (TPSA) is 38.9 Å². The summed E-state index contributed by atoms with van der Waals surface area (Å²) >= 11 is 5.69. The van der Waals surface area contributed by atoms with Gasteiger partial charge in [0.15, 0.2) is 5.82 Å². The molecule has 0 saturated heterocycles. The van der Waals surface area contributed by atoms with Crippen molar-refractivity contribution in [3.05, 3.63) is 28.3 Å². The minimum Gasteiger partial charge on any atom is -0.320 e. The molecular weight excluding hydrogens is 226 g/mol. The summed E-state index contributed by atoms with van der Waals surface area (Å²) in [6, 6.07) is 0. The summed E-state index contributed by atoms with van der Waals surface area (Å²) in [5.41, 5.74) is 5.59. The fourth-order valence-corrected chi connectivity index (χ4v) is 1.14. The smallest absolute Gasteiger partial charge is 0.150 e. The summed E-state index contributed by atoms with van der Waals surface area (Å²) in [6.07, 6.45) is 1.42. The van der Waals surface area contributed by atoms with Crippen LogP contribution in [-0.2, 0) is 5.54 Å². The van der Waals surface area contributed by atoms with Crippen LogP contribution in [0.4, 0.5) is 4.39 Å². The Balaban J connectivity index is 0.00000169. The van der Waals surface area contributed by atoms with Gasteiger partial charge in [-0.25, -0.2) is 4.39 Å². The van der Waals surface area contributed by atoms with Crippen LogP contribution in [0.5, 0.6) is 0 Å². The zero-order valence-corrected chi connectivity index (χ0v) is 9.84. The van der Waals surface area contributed by atoms with Crippen molar-refractivity contribution in [2.24, 2.45) is 5.73 Å². The number of pyridine rings is 1. The van der Waals surface area contributed by atoms with E-state index in [0.29, 0.717) is 10.6 Å². The number of rotatable bonds is 1. The Bertz CT molecular complexity index is 334. The Morgan fingerprint density at radius 1 is 1.50 bits per heavy atom. The van der Waals surface area contributed by atoms with E-state index in [4.69, 9.17) is 17.3 Å². The highest BCUT2D eigenvalue weighted by Crippen LogP contribution is 2.24. The van der Waals surface area contributed by atoms with Gasteiger partial charge in [-0.3, -0.25) is 4.98 Å². The molecule has 1 aromatic heterocycles. The minimum absolute atomic E-state index is 0. The number of hydrogen-bond acceptors (Lipinski definition) is 2. The molecule has 0 bridgehead atoms. The zero-order chi connectivity index (χ0) is 10.2. The van der Waals surface area contributed by atoms with Crippen molar-refractivity contribution in [2.45, 2.75) is 26.3 Å². The maximum atomic E-state index is 13.5. The molecular formula is C9H13Cl2FN2. The van der Waals surface area contributed by atoms with E-state index in [-0.39, 0.29) is 18.1 Å². The van der Waals surface area contributed by atoms with Crippen LogP contribution >= 0.6 is 24.0 Å². The first-order valence-corrected chi connectivity index (χ1v) is 4.32. The van der Waals surface area contributed by atoms with Gasteiger partial charge >= 0.3 is 0 Å². The van der Waals surface area contributed by atoms with Gasteiger partial charge < -0.3 is 5.73 Å². The molecule has 0 aliphatic carbocycles. The standard InChI is InChI=1S/C9H12ClFN2.ClH/c1-5-6(10)4-13-8(7(5)11)9(2,3)12;/h4H,12H2,1-3H3;1H. The van der Waals surface area contributed by atoms with E-state index in [0.717, 1.165) is 0 Å². The molecule has 1 aromatic rings. The van der Waals surface area contributed by atoms with Crippen molar-refractivity contribution in [3.63, 3.8) is 0 Å². The lowest BCUT2D eigenvalue weighted by Crippen LogP contribution is -2.31. The van der Waals surface area contributed by atoms with E-state index in [1.165, 1.54) is 6.20 Å². The highest BCUT2D eigenvalue weighted by Gasteiger charge is 2.22. The predicted octanol–water partition coefficient (Wildman–Crippen LogP) is 2.80. The lowest BCUT2D eigenvalue weighted by Gasteiger charge is -2.19. The summed E-state index contributed by atoms with van der Waals surface area (Å²) < 4.78 is 13.5. The van der Waals surface area contributed by atoms with E-state index < -0.39 is 11.4 Å². The molecule has 0 aromatic carbocycles. The second-order valence-corrected chi connectivity index (χ2v) is 4.02. The van der Waals surface area contributed by atoms with Crippen LogP contribution < -0.4 is 5.73 Å². The van der Waals surface area contributed by atoms with Crippen LogP contribution in [0.2, 0.25) is 5.02 Å². The second-order valence-electron chi connectivity index (χ2n) is 3.62. The molecule has 0 radical (unpaired) electrons. The largest absolute Gasteiger partial charge is 0.320 e. The number of hydrogen-bond donors (Lipinski definition) is 1. The molecule has 5 heteroatoms. The maximum absolute atomic E-state index is 13.5. The molecule has 0 amide bonds. The predicted molar refractivity (Wildman–Crippen MR) is 58.4 cm³/mol. The SMILES string of the molecule is Cc1c(Cl)cnc(C(C)(C)N)c1F.Cl. The number of nitrogens with two attached hydrogens (primary N) is 1. The average molecular weight is 239 g/mol. The first kappa shape index (κ1) is 13.6. The van der Waals surface area contributed by atoms with Gasteiger partial charge in [-0.2, -0.15) is 0 Å². The van der Waals surface area contributed by atoms with Crippen LogP contribution in [0.1, 0.15) is 25.1 Å². The van der Waals surface area contributed by atoms with E-state index in [2.05, 4.69) is 4.98 Å². The summed E-state index contributed by atoms with van der Waals surface area (Å²) in [5, 5.41) is 0.325. The van der Waals surface area contributed by atoms with Gasteiger partial charge in [-0.05, 0) is 20.8 Å². The molecule has 0 fully saturated rings. The fourth-order valence-electron chi connectivity index (χ4n) is 1.01. The lowest BCUT2D eigenvalue weighted by atomic mass is 9.99. The van der Waals surface area contributed by atoms with E-state index in [1.54, 1.807) is 20.8 Å². The Labute approximate surface area is 94.1 Å². The van der Waals surface area contributed by atoms with Crippen molar-refractivity contribution < 1.29 is 4.39 Å². The van der Waals surface area contributed by atoms with Crippen LogP contribution in [0.3, 0.4) is 0 Å². The average Bonchev–Trinajstić information content (AvgIpc) is 1.98. The molecule has 0 saturated carbocycles. The first-order chi connectivity index (χ1) is 5.84. The third kappa shape index (κ3) is 2.56. The van der Waals surface area contributed by atoms with Gasteiger partial charge in [0.05, 0.1) is 16.3 Å². The molecule has 14 heavy (non-hydrogen) atoms. The van der Waals surface area contributed by atoms with Gasteiger partial charge in [0.2, 0.25) is 0 Å². The highest BCUT2D eigenvalue weighted by molar-refractivity contribution is 6.31. The third-order valence-corrected chi connectivity index (χ3v) is 2.19. The van der Waals surface area contributed by atoms with Gasteiger partial charge in [0, 0.05) is 11.8 Å².